The molecule has 0 unspecified atom stereocenters. The van der Waals surface area contributed by atoms with Gasteiger partial charge in [-0.1, -0.05) is 36.4 Å². The van der Waals surface area contributed by atoms with E-state index in [4.69, 9.17) is 0 Å². The van der Waals surface area contributed by atoms with E-state index >= 15 is 0 Å². The molecule has 2 nitrogen and oxygen atoms in total. The first-order chi connectivity index (χ1) is 6.74. The van der Waals surface area contributed by atoms with Crippen LogP contribution in [0, 0.1) is 0 Å². The third kappa shape index (κ3) is 3.05. The Morgan fingerprint density at radius 2 is 2.00 bits per heavy atom. The number of allylic oxidation sites excluding steroid dienone is 1. The molecule has 0 aromatic heterocycles. The monoisotopic (exact) mass is 189 g/mol. The maximum Gasteiger partial charge on any atom is 0.246 e. The molecule has 0 saturated heterocycles. The Bertz CT molecular complexity index is 327. The van der Waals surface area contributed by atoms with Crippen molar-refractivity contribution in [3.8, 4) is 0 Å². The summed E-state index contributed by atoms with van der Waals surface area (Å²) < 4.78 is 0. The number of benzene rings is 1. The van der Waals surface area contributed by atoms with Gasteiger partial charge in [0, 0.05) is 12.1 Å². The zero-order valence-electron chi connectivity index (χ0n) is 8.58. The topological polar surface area (TPSA) is 29.1 Å². The molecule has 0 heterocycles. The quantitative estimate of drug-likeness (QED) is 0.726. The van der Waals surface area contributed by atoms with E-state index < -0.39 is 0 Å². The fraction of sp³-hybridized carbons (Fsp3) is 0.250. The number of carbonyl (C=O) groups is 1. The minimum atomic E-state index is -0.00338. The highest BCUT2D eigenvalue weighted by molar-refractivity contribution is 5.92. The second-order valence-electron chi connectivity index (χ2n) is 3.14. The molecule has 14 heavy (non-hydrogen) atoms. The SMILES string of the molecule is C/C=C(/C)C(=O)NCc1ccccc1. The van der Waals surface area contributed by atoms with E-state index in [0.717, 1.165) is 11.1 Å². The predicted octanol–water partition coefficient (Wildman–Crippen LogP) is 2.27. The molecule has 0 spiro atoms. The summed E-state index contributed by atoms with van der Waals surface area (Å²) in [5, 5.41) is 2.84. The normalized spacial score (nSPS) is 11.1. The smallest absolute Gasteiger partial charge is 0.246 e. The van der Waals surface area contributed by atoms with E-state index in [1.54, 1.807) is 13.0 Å². The third-order valence-corrected chi connectivity index (χ3v) is 2.09. The van der Waals surface area contributed by atoms with Crippen molar-refractivity contribution in [1.82, 2.24) is 5.32 Å². The summed E-state index contributed by atoms with van der Waals surface area (Å²) >= 11 is 0. The van der Waals surface area contributed by atoms with E-state index in [-0.39, 0.29) is 5.91 Å². The van der Waals surface area contributed by atoms with E-state index in [2.05, 4.69) is 5.32 Å². The van der Waals surface area contributed by atoms with Gasteiger partial charge >= 0.3 is 0 Å². The minimum absolute atomic E-state index is 0.00338. The zero-order valence-corrected chi connectivity index (χ0v) is 8.58. The summed E-state index contributed by atoms with van der Waals surface area (Å²) in [5.41, 5.74) is 1.87. The van der Waals surface area contributed by atoms with Gasteiger partial charge in [0.1, 0.15) is 0 Å². The van der Waals surface area contributed by atoms with Gasteiger partial charge in [-0.3, -0.25) is 4.79 Å². The van der Waals surface area contributed by atoms with Crippen molar-refractivity contribution in [2.75, 3.05) is 0 Å². The average molecular weight is 189 g/mol. The van der Waals surface area contributed by atoms with E-state index in [1.807, 2.05) is 37.3 Å². The van der Waals surface area contributed by atoms with Crippen LogP contribution in [0.15, 0.2) is 42.0 Å². The first-order valence-corrected chi connectivity index (χ1v) is 4.69. The molecule has 0 fully saturated rings. The maximum absolute atomic E-state index is 11.4. The van der Waals surface area contributed by atoms with Crippen molar-refractivity contribution in [1.29, 1.82) is 0 Å². The first kappa shape index (κ1) is 10.5. The van der Waals surface area contributed by atoms with Crippen molar-refractivity contribution >= 4 is 5.91 Å². The Kier molecular flexibility index (Phi) is 3.92. The lowest BCUT2D eigenvalue weighted by Crippen LogP contribution is -2.23. The Morgan fingerprint density at radius 3 is 2.57 bits per heavy atom. The van der Waals surface area contributed by atoms with Crippen LogP contribution in [-0.2, 0) is 11.3 Å². The molecule has 1 aromatic carbocycles. The summed E-state index contributed by atoms with van der Waals surface area (Å²) in [4.78, 5) is 11.4. The van der Waals surface area contributed by atoms with Crippen LogP contribution in [0.25, 0.3) is 0 Å². The Morgan fingerprint density at radius 1 is 1.36 bits per heavy atom. The lowest BCUT2D eigenvalue weighted by molar-refractivity contribution is -0.117. The van der Waals surface area contributed by atoms with Gasteiger partial charge in [0.15, 0.2) is 0 Å². The molecule has 1 aromatic rings. The van der Waals surface area contributed by atoms with Crippen molar-refractivity contribution in [2.24, 2.45) is 0 Å². The molecule has 74 valence electrons. The number of carbonyl (C=O) groups excluding carboxylic acids is 1. The van der Waals surface area contributed by atoms with Gasteiger partial charge in [0.25, 0.3) is 0 Å². The van der Waals surface area contributed by atoms with Gasteiger partial charge in [-0.15, -0.1) is 0 Å². The lowest BCUT2D eigenvalue weighted by atomic mass is 10.2. The van der Waals surface area contributed by atoms with Crippen LogP contribution in [-0.4, -0.2) is 5.91 Å². The first-order valence-electron chi connectivity index (χ1n) is 4.69. The van der Waals surface area contributed by atoms with Crippen LogP contribution in [0.4, 0.5) is 0 Å². The van der Waals surface area contributed by atoms with Crippen molar-refractivity contribution < 1.29 is 4.79 Å². The molecular formula is C12H15NO. The molecule has 0 aliphatic rings. The largest absolute Gasteiger partial charge is 0.348 e. The average Bonchev–Trinajstić information content (AvgIpc) is 2.26. The molecule has 1 amide bonds. The Balaban J connectivity index is 2.46. The van der Waals surface area contributed by atoms with Crippen LogP contribution in [0.1, 0.15) is 19.4 Å². The summed E-state index contributed by atoms with van der Waals surface area (Å²) in [6, 6.07) is 9.87. The fourth-order valence-corrected chi connectivity index (χ4v) is 1.05. The molecule has 0 bridgehead atoms. The van der Waals surface area contributed by atoms with Crippen LogP contribution in [0.5, 0.6) is 0 Å². The standard InChI is InChI=1S/C12H15NO/c1-3-10(2)12(14)13-9-11-7-5-4-6-8-11/h3-8H,9H2,1-2H3,(H,13,14)/b10-3-. The number of rotatable bonds is 3. The van der Waals surface area contributed by atoms with Gasteiger partial charge in [-0.25, -0.2) is 0 Å². The number of nitrogens with one attached hydrogen (secondary N) is 1. The molecule has 2 heteroatoms. The molecule has 1 N–H and O–H groups in total. The van der Waals surface area contributed by atoms with Crippen LogP contribution in [0.3, 0.4) is 0 Å². The summed E-state index contributed by atoms with van der Waals surface area (Å²) in [6.45, 7) is 4.25. The van der Waals surface area contributed by atoms with Crippen LogP contribution in [0.2, 0.25) is 0 Å². The molecular weight excluding hydrogens is 174 g/mol. The fourth-order valence-electron chi connectivity index (χ4n) is 1.05. The maximum atomic E-state index is 11.4. The van der Waals surface area contributed by atoms with Crippen molar-refractivity contribution in [3.05, 3.63) is 47.5 Å². The molecule has 0 radical (unpaired) electrons. The van der Waals surface area contributed by atoms with Gasteiger partial charge in [0.2, 0.25) is 5.91 Å². The third-order valence-electron chi connectivity index (χ3n) is 2.09. The van der Waals surface area contributed by atoms with Gasteiger partial charge < -0.3 is 5.32 Å². The molecule has 0 aliphatic heterocycles. The van der Waals surface area contributed by atoms with Gasteiger partial charge in [-0.05, 0) is 19.4 Å². The second-order valence-corrected chi connectivity index (χ2v) is 3.14. The van der Waals surface area contributed by atoms with E-state index in [0.29, 0.717) is 6.54 Å². The Labute approximate surface area is 84.6 Å². The van der Waals surface area contributed by atoms with Crippen LogP contribution >= 0.6 is 0 Å². The van der Waals surface area contributed by atoms with Crippen LogP contribution < -0.4 is 5.32 Å². The number of hydrogen-bond donors (Lipinski definition) is 1. The zero-order chi connectivity index (χ0) is 10.4. The van der Waals surface area contributed by atoms with E-state index in [1.165, 1.54) is 0 Å². The predicted molar refractivity (Wildman–Crippen MR) is 57.7 cm³/mol. The summed E-state index contributed by atoms with van der Waals surface area (Å²) in [6.07, 6.45) is 1.81. The number of amides is 1. The van der Waals surface area contributed by atoms with Gasteiger partial charge in [-0.2, -0.15) is 0 Å². The summed E-state index contributed by atoms with van der Waals surface area (Å²) in [5.74, 6) is -0.00338. The van der Waals surface area contributed by atoms with Gasteiger partial charge in [0.05, 0.1) is 0 Å². The minimum Gasteiger partial charge on any atom is -0.348 e. The highest BCUT2D eigenvalue weighted by Gasteiger charge is 2.01. The lowest BCUT2D eigenvalue weighted by Gasteiger charge is -2.04. The van der Waals surface area contributed by atoms with Crippen molar-refractivity contribution in [3.63, 3.8) is 0 Å². The molecule has 0 atom stereocenters. The highest BCUT2D eigenvalue weighted by Crippen LogP contribution is 1.98. The van der Waals surface area contributed by atoms with Crippen molar-refractivity contribution in [2.45, 2.75) is 20.4 Å². The molecule has 1 rings (SSSR count). The summed E-state index contributed by atoms with van der Waals surface area (Å²) in [7, 11) is 0. The second kappa shape index (κ2) is 5.22. The highest BCUT2D eigenvalue weighted by atomic mass is 16.1. The molecule has 0 saturated carbocycles. The van der Waals surface area contributed by atoms with E-state index in [9.17, 15) is 4.79 Å². The Hall–Kier alpha value is -1.57. The molecule has 0 aliphatic carbocycles. The number of hydrogen-bond acceptors (Lipinski definition) is 1.